The van der Waals surface area contributed by atoms with Gasteiger partial charge in [-0.25, -0.2) is 4.39 Å². The van der Waals surface area contributed by atoms with Crippen molar-refractivity contribution < 1.29 is 9.13 Å². The summed E-state index contributed by atoms with van der Waals surface area (Å²) in [5, 5.41) is 3.42. The Balaban J connectivity index is 2.74. The van der Waals surface area contributed by atoms with E-state index in [4.69, 9.17) is 4.74 Å². The van der Waals surface area contributed by atoms with Gasteiger partial charge in [0.05, 0.1) is 7.11 Å². The molecule has 0 spiro atoms. The highest BCUT2D eigenvalue weighted by molar-refractivity contribution is 5.31. The Hall–Kier alpha value is -1.35. The molecule has 0 aliphatic carbocycles. The van der Waals surface area contributed by atoms with E-state index in [0.29, 0.717) is 6.04 Å². The van der Waals surface area contributed by atoms with Gasteiger partial charge in [-0.3, -0.25) is 0 Å². The molecule has 1 N–H and O–H groups in total. The summed E-state index contributed by atoms with van der Waals surface area (Å²) in [4.78, 5) is 0. The maximum Gasteiger partial charge on any atom is 0.165 e. The van der Waals surface area contributed by atoms with Crippen molar-refractivity contribution in [3.8, 4) is 5.75 Å². The van der Waals surface area contributed by atoms with E-state index in [-0.39, 0.29) is 17.6 Å². The van der Waals surface area contributed by atoms with Crippen molar-refractivity contribution in [1.82, 2.24) is 5.32 Å². The van der Waals surface area contributed by atoms with Gasteiger partial charge < -0.3 is 10.1 Å². The highest BCUT2D eigenvalue weighted by atomic mass is 19.1. The molecule has 0 saturated carbocycles. The van der Waals surface area contributed by atoms with Crippen LogP contribution in [0.2, 0.25) is 0 Å². The van der Waals surface area contributed by atoms with Crippen LogP contribution >= 0.6 is 0 Å². The molecule has 0 saturated heterocycles. The zero-order valence-corrected chi connectivity index (χ0v) is 10.7. The third-order valence-corrected chi connectivity index (χ3v) is 2.73. The molecule has 2 nitrogen and oxygen atoms in total. The van der Waals surface area contributed by atoms with E-state index in [9.17, 15) is 4.39 Å². The maximum atomic E-state index is 13.3. The second kappa shape index (κ2) is 6.40. The minimum atomic E-state index is -0.331. The molecular formula is C14H20FNO. The minimum absolute atomic E-state index is 0.152. The highest BCUT2D eigenvalue weighted by Crippen LogP contribution is 2.22. The molecule has 0 heterocycles. The van der Waals surface area contributed by atoms with Gasteiger partial charge in [-0.15, -0.1) is 6.58 Å². The van der Waals surface area contributed by atoms with Crippen molar-refractivity contribution in [2.24, 2.45) is 0 Å². The molecule has 0 fully saturated rings. The fourth-order valence-corrected chi connectivity index (χ4v) is 1.79. The van der Waals surface area contributed by atoms with Crippen LogP contribution in [0.15, 0.2) is 30.9 Å². The van der Waals surface area contributed by atoms with Crippen LogP contribution in [0, 0.1) is 5.82 Å². The molecule has 1 rings (SSSR count). The summed E-state index contributed by atoms with van der Waals surface area (Å²) in [5.74, 6) is -0.0462. The summed E-state index contributed by atoms with van der Waals surface area (Å²) in [6, 6.07) is 5.44. The number of rotatable bonds is 6. The quantitative estimate of drug-likeness (QED) is 0.765. The first kappa shape index (κ1) is 13.7. The lowest BCUT2D eigenvalue weighted by molar-refractivity contribution is 0.384. The number of methoxy groups -OCH3 is 1. The SMILES string of the molecule is C=CCC(C)NC(C)c1ccc(F)c(OC)c1. The normalized spacial score (nSPS) is 14.1. The van der Waals surface area contributed by atoms with Crippen LogP contribution < -0.4 is 10.1 Å². The predicted molar refractivity (Wildman–Crippen MR) is 68.8 cm³/mol. The van der Waals surface area contributed by atoms with E-state index in [1.54, 1.807) is 12.1 Å². The van der Waals surface area contributed by atoms with Crippen molar-refractivity contribution in [2.75, 3.05) is 7.11 Å². The minimum Gasteiger partial charge on any atom is -0.494 e. The zero-order chi connectivity index (χ0) is 12.8. The van der Waals surface area contributed by atoms with Crippen molar-refractivity contribution in [2.45, 2.75) is 32.4 Å². The Morgan fingerprint density at radius 2 is 2.18 bits per heavy atom. The number of halogens is 1. The van der Waals surface area contributed by atoms with Crippen LogP contribution in [-0.2, 0) is 0 Å². The van der Waals surface area contributed by atoms with Crippen molar-refractivity contribution in [1.29, 1.82) is 0 Å². The molecule has 0 aromatic heterocycles. The monoisotopic (exact) mass is 237 g/mol. The molecule has 94 valence electrons. The van der Waals surface area contributed by atoms with E-state index in [1.807, 2.05) is 13.0 Å². The average molecular weight is 237 g/mol. The van der Waals surface area contributed by atoms with Gasteiger partial charge in [0, 0.05) is 12.1 Å². The van der Waals surface area contributed by atoms with Crippen LogP contribution in [0.1, 0.15) is 31.9 Å². The number of hydrogen-bond acceptors (Lipinski definition) is 2. The topological polar surface area (TPSA) is 21.3 Å². The van der Waals surface area contributed by atoms with Crippen LogP contribution in [0.25, 0.3) is 0 Å². The van der Waals surface area contributed by atoms with Crippen molar-refractivity contribution >= 4 is 0 Å². The molecule has 0 bridgehead atoms. The third-order valence-electron chi connectivity index (χ3n) is 2.73. The molecule has 0 amide bonds. The van der Waals surface area contributed by atoms with Gasteiger partial charge in [0.25, 0.3) is 0 Å². The van der Waals surface area contributed by atoms with Gasteiger partial charge in [0.15, 0.2) is 11.6 Å². The molecule has 0 aliphatic heterocycles. The molecule has 2 unspecified atom stereocenters. The molecular weight excluding hydrogens is 217 g/mol. The standard InChI is InChI=1S/C14H20FNO/c1-5-6-10(2)16-11(3)12-7-8-13(15)14(9-12)17-4/h5,7-11,16H,1,6H2,2-4H3. The third kappa shape index (κ3) is 3.86. The lowest BCUT2D eigenvalue weighted by atomic mass is 10.1. The van der Waals surface area contributed by atoms with E-state index < -0.39 is 0 Å². The number of ether oxygens (including phenoxy) is 1. The van der Waals surface area contributed by atoms with Gasteiger partial charge in [-0.2, -0.15) is 0 Å². The summed E-state index contributed by atoms with van der Waals surface area (Å²) in [6.07, 6.45) is 2.79. The number of hydrogen-bond donors (Lipinski definition) is 1. The van der Waals surface area contributed by atoms with Crippen LogP contribution in [0.4, 0.5) is 4.39 Å². The first-order chi connectivity index (χ1) is 8.08. The summed E-state index contributed by atoms with van der Waals surface area (Å²) in [5.41, 5.74) is 1.01. The van der Waals surface area contributed by atoms with E-state index in [2.05, 4.69) is 18.8 Å². The maximum absolute atomic E-state index is 13.3. The molecule has 0 aliphatic rings. The van der Waals surface area contributed by atoms with E-state index >= 15 is 0 Å². The Kier molecular flexibility index (Phi) is 5.16. The Labute approximate surface area is 102 Å². The van der Waals surface area contributed by atoms with E-state index in [1.165, 1.54) is 13.2 Å². The lowest BCUT2D eigenvalue weighted by Gasteiger charge is -2.19. The lowest BCUT2D eigenvalue weighted by Crippen LogP contribution is -2.28. The second-order valence-corrected chi connectivity index (χ2v) is 4.21. The molecule has 0 radical (unpaired) electrons. The van der Waals surface area contributed by atoms with Crippen molar-refractivity contribution in [3.05, 3.63) is 42.2 Å². The Bertz CT molecular complexity index is 378. The molecule has 17 heavy (non-hydrogen) atoms. The van der Waals surface area contributed by atoms with E-state index in [0.717, 1.165) is 12.0 Å². The fourth-order valence-electron chi connectivity index (χ4n) is 1.79. The molecule has 1 aromatic rings. The van der Waals surface area contributed by atoms with Crippen LogP contribution in [-0.4, -0.2) is 13.2 Å². The van der Waals surface area contributed by atoms with Gasteiger partial charge in [-0.1, -0.05) is 12.1 Å². The van der Waals surface area contributed by atoms with Gasteiger partial charge in [0.2, 0.25) is 0 Å². The highest BCUT2D eigenvalue weighted by Gasteiger charge is 2.11. The van der Waals surface area contributed by atoms with Crippen LogP contribution in [0.5, 0.6) is 5.75 Å². The smallest absolute Gasteiger partial charge is 0.165 e. The van der Waals surface area contributed by atoms with Gasteiger partial charge in [0.1, 0.15) is 0 Å². The molecule has 2 atom stereocenters. The summed E-state index contributed by atoms with van der Waals surface area (Å²) >= 11 is 0. The predicted octanol–water partition coefficient (Wildman–Crippen LogP) is 3.45. The van der Waals surface area contributed by atoms with Gasteiger partial charge >= 0.3 is 0 Å². The molecule has 3 heteroatoms. The Morgan fingerprint density at radius 3 is 2.76 bits per heavy atom. The first-order valence-electron chi connectivity index (χ1n) is 5.78. The summed E-state index contributed by atoms with van der Waals surface area (Å²) < 4.78 is 18.2. The molecule has 1 aromatic carbocycles. The number of benzene rings is 1. The zero-order valence-electron chi connectivity index (χ0n) is 10.7. The average Bonchev–Trinajstić information content (AvgIpc) is 2.29. The van der Waals surface area contributed by atoms with Crippen LogP contribution in [0.3, 0.4) is 0 Å². The summed E-state index contributed by atoms with van der Waals surface area (Å²) in [6.45, 7) is 7.85. The summed E-state index contributed by atoms with van der Waals surface area (Å²) in [7, 11) is 1.47. The largest absolute Gasteiger partial charge is 0.494 e. The Morgan fingerprint density at radius 1 is 1.47 bits per heavy atom. The fraction of sp³-hybridized carbons (Fsp3) is 0.429. The van der Waals surface area contributed by atoms with Crippen molar-refractivity contribution in [3.63, 3.8) is 0 Å². The second-order valence-electron chi connectivity index (χ2n) is 4.21. The number of nitrogens with one attached hydrogen (secondary N) is 1. The van der Waals surface area contributed by atoms with Gasteiger partial charge in [-0.05, 0) is 38.0 Å². The first-order valence-corrected chi connectivity index (χ1v) is 5.78.